The van der Waals surface area contributed by atoms with Gasteiger partial charge in [0.15, 0.2) is 0 Å². The van der Waals surface area contributed by atoms with Gasteiger partial charge in [0.2, 0.25) is 0 Å². The van der Waals surface area contributed by atoms with Crippen LogP contribution in [0.1, 0.15) is 5.56 Å². The molecule has 1 N–H and O–H groups in total. The number of likely N-dealkylation sites (N-methyl/N-ethyl adjacent to an activating group) is 1. The van der Waals surface area contributed by atoms with Gasteiger partial charge in [0.05, 0.1) is 5.56 Å². The Labute approximate surface area is 96.6 Å². The summed E-state index contributed by atoms with van der Waals surface area (Å²) in [5, 5.41) is 2.81. The lowest BCUT2D eigenvalue weighted by Crippen LogP contribution is -2.24. The van der Waals surface area contributed by atoms with Crippen molar-refractivity contribution < 1.29 is 13.2 Å². The fourth-order valence-corrected chi connectivity index (χ4v) is 1.37. The summed E-state index contributed by atoms with van der Waals surface area (Å²) in [5.74, 6) is 0. The molecule has 1 rings (SSSR count). The highest BCUT2D eigenvalue weighted by molar-refractivity contribution is 5.14. The fourth-order valence-electron chi connectivity index (χ4n) is 1.37. The maximum atomic E-state index is 12.4. The van der Waals surface area contributed by atoms with E-state index in [0.29, 0.717) is 12.1 Å². The summed E-state index contributed by atoms with van der Waals surface area (Å²) < 4.78 is 38.3. The summed E-state index contributed by atoms with van der Waals surface area (Å²) in [6.45, 7) is 4.19. The molecule has 0 saturated carbocycles. The Bertz CT molecular complexity index is 463. The number of nitrogens with one attached hydrogen (secondary N) is 1. The summed E-state index contributed by atoms with van der Waals surface area (Å²) in [5.41, 5.74) is -0.682. The highest BCUT2D eigenvalue weighted by atomic mass is 19.4. The minimum absolute atomic E-state index is 0.0730. The third-order valence-corrected chi connectivity index (χ3v) is 2.13. The highest BCUT2D eigenvalue weighted by Gasteiger charge is 2.30. The molecular weight excluding hydrogens is 233 g/mol. The summed E-state index contributed by atoms with van der Waals surface area (Å²) in [6, 6.07) is 1.69. The fraction of sp³-hybridized carbons (Fsp3) is 0.364. The second-order valence-electron chi connectivity index (χ2n) is 3.66. The standard InChI is InChI=1S/C11H13F3N2O/c1-8(5-15-2)6-16-7-9(11(12,13)14)3-4-10(16)17/h3-4,7,15H,1,5-6H2,2H3. The van der Waals surface area contributed by atoms with E-state index in [0.717, 1.165) is 22.9 Å². The van der Waals surface area contributed by atoms with Gasteiger partial charge < -0.3 is 9.88 Å². The molecule has 0 radical (unpaired) electrons. The number of hydrogen-bond donors (Lipinski definition) is 1. The van der Waals surface area contributed by atoms with Crippen LogP contribution in [-0.4, -0.2) is 18.2 Å². The molecule has 0 aliphatic rings. The minimum atomic E-state index is -4.44. The number of rotatable bonds is 4. The summed E-state index contributed by atoms with van der Waals surface area (Å²) in [4.78, 5) is 11.4. The smallest absolute Gasteiger partial charge is 0.316 e. The van der Waals surface area contributed by atoms with Gasteiger partial charge in [-0.05, 0) is 18.7 Å². The molecule has 0 aliphatic heterocycles. The summed E-state index contributed by atoms with van der Waals surface area (Å²) in [7, 11) is 1.69. The average Bonchev–Trinajstić information content (AvgIpc) is 2.20. The quantitative estimate of drug-likeness (QED) is 0.819. The molecule has 0 amide bonds. The normalized spacial score (nSPS) is 11.5. The lowest BCUT2D eigenvalue weighted by molar-refractivity contribution is -0.138. The first kappa shape index (κ1) is 13.5. The molecule has 0 saturated heterocycles. The highest BCUT2D eigenvalue weighted by Crippen LogP contribution is 2.28. The molecule has 0 aliphatic carbocycles. The molecule has 0 atom stereocenters. The molecule has 0 aromatic carbocycles. The molecule has 0 bridgehead atoms. The molecule has 0 unspecified atom stereocenters. The van der Waals surface area contributed by atoms with Gasteiger partial charge in [-0.25, -0.2) is 0 Å². The van der Waals surface area contributed by atoms with Crippen molar-refractivity contribution in [2.75, 3.05) is 13.6 Å². The molecule has 3 nitrogen and oxygen atoms in total. The summed E-state index contributed by atoms with van der Waals surface area (Å²) in [6.07, 6.45) is -3.64. The van der Waals surface area contributed by atoms with E-state index in [9.17, 15) is 18.0 Å². The third kappa shape index (κ3) is 3.74. The second kappa shape index (κ2) is 5.18. The Morgan fingerprint density at radius 1 is 1.47 bits per heavy atom. The Balaban J connectivity index is 2.99. The van der Waals surface area contributed by atoms with Gasteiger partial charge in [0, 0.05) is 25.4 Å². The Kier molecular flexibility index (Phi) is 4.11. The van der Waals surface area contributed by atoms with Gasteiger partial charge in [-0.3, -0.25) is 4.79 Å². The zero-order valence-corrected chi connectivity index (χ0v) is 9.34. The number of aromatic nitrogens is 1. The van der Waals surface area contributed by atoms with Gasteiger partial charge in [-0.1, -0.05) is 6.58 Å². The number of nitrogens with zero attached hydrogens (tertiary/aromatic N) is 1. The van der Waals surface area contributed by atoms with Crippen molar-refractivity contribution in [1.82, 2.24) is 9.88 Å². The Hall–Kier alpha value is -1.56. The van der Waals surface area contributed by atoms with Crippen molar-refractivity contribution in [3.8, 4) is 0 Å². The van der Waals surface area contributed by atoms with Crippen LogP contribution < -0.4 is 10.9 Å². The molecule has 6 heteroatoms. The Morgan fingerprint density at radius 3 is 2.65 bits per heavy atom. The van der Waals surface area contributed by atoms with E-state index in [1.807, 2.05) is 0 Å². The summed E-state index contributed by atoms with van der Waals surface area (Å²) >= 11 is 0. The zero-order chi connectivity index (χ0) is 13.1. The number of halogens is 3. The van der Waals surface area contributed by atoms with E-state index in [1.54, 1.807) is 7.05 Å². The van der Waals surface area contributed by atoms with Gasteiger partial charge in [0.1, 0.15) is 0 Å². The number of alkyl halides is 3. The third-order valence-electron chi connectivity index (χ3n) is 2.13. The lowest BCUT2D eigenvalue weighted by Gasteiger charge is -2.11. The van der Waals surface area contributed by atoms with Crippen LogP contribution in [0.25, 0.3) is 0 Å². The maximum absolute atomic E-state index is 12.4. The first-order chi connectivity index (χ1) is 7.84. The topological polar surface area (TPSA) is 34.0 Å². The number of hydrogen-bond acceptors (Lipinski definition) is 2. The predicted molar refractivity (Wildman–Crippen MR) is 58.8 cm³/mol. The first-order valence-electron chi connectivity index (χ1n) is 4.93. The molecule has 17 heavy (non-hydrogen) atoms. The van der Waals surface area contributed by atoms with Crippen LogP contribution in [0.15, 0.2) is 35.3 Å². The molecule has 1 aromatic heterocycles. The van der Waals surface area contributed by atoms with E-state index in [2.05, 4.69) is 11.9 Å². The van der Waals surface area contributed by atoms with Gasteiger partial charge in [-0.2, -0.15) is 13.2 Å². The van der Waals surface area contributed by atoms with E-state index in [-0.39, 0.29) is 6.54 Å². The van der Waals surface area contributed by atoms with Crippen LogP contribution >= 0.6 is 0 Å². The van der Waals surface area contributed by atoms with Crippen molar-refractivity contribution in [2.45, 2.75) is 12.7 Å². The van der Waals surface area contributed by atoms with Gasteiger partial charge in [-0.15, -0.1) is 0 Å². The van der Waals surface area contributed by atoms with E-state index in [4.69, 9.17) is 0 Å². The molecule has 94 valence electrons. The van der Waals surface area contributed by atoms with Crippen LogP contribution in [-0.2, 0) is 12.7 Å². The first-order valence-corrected chi connectivity index (χ1v) is 4.93. The van der Waals surface area contributed by atoms with Crippen molar-refractivity contribution >= 4 is 0 Å². The van der Waals surface area contributed by atoms with Crippen LogP contribution in [0.3, 0.4) is 0 Å². The SMILES string of the molecule is C=C(CNC)Cn1cc(C(F)(F)F)ccc1=O. The molecule has 1 heterocycles. The Morgan fingerprint density at radius 2 is 2.12 bits per heavy atom. The van der Waals surface area contributed by atoms with E-state index in [1.165, 1.54) is 0 Å². The van der Waals surface area contributed by atoms with Crippen molar-refractivity contribution in [2.24, 2.45) is 0 Å². The lowest BCUT2D eigenvalue weighted by atomic mass is 10.2. The van der Waals surface area contributed by atoms with Crippen molar-refractivity contribution in [3.63, 3.8) is 0 Å². The second-order valence-corrected chi connectivity index (χ2v) is 3.66. The van der Waals surface area contributed by atoms with Crippen LogP contribution in [0.4, 0.5) is 13.2 Å². The van der Waals surface area contributed by atoms with Crippen LogP contribution in [0.2, 0.25) is 0 Å². The van der Waals surface area contributed by atoms with Gasteiger partial charge in [0.25, 0.3) is 5.56 Å². The molecular formula is C11H13F3N2O. The van der Waals surface area contributed by atoms with E-state index < -0.39 is 17.3 Å². The monoisotopic (exact) mass is 246 g/mol. The molecule has 1 aromatic rings. The van der Waals surface area contributed by atoms with Crippen LogP contribution in [0, 0.1) is 0 Å². The van der Waals surface area contributed by atoms with E-state index >= 15 is 0 Å². The average molecular weight is 246 g/mol. The van der Waals surface area contributed by atoms with Crippen molar-refractivity contribution in [1.29, 1.82) is 0 Å². The predicted octanol–water partition coefficient (Wildman–Crippen LogP) is 1.64. The molecule has 0 spiro atoms. The molecule has 0 fully saturated rings. The van der Waals surface area contributed by atoms with Crippen LogP contribution in [0.5, 0.6) is 0 Å². The van der Waals surface area contributed by atoms with Crippen molar-refractivity contribution in [3.05, 3.63) is 46.4 Å². The maximum Gasteiger partial charge on any atom is 0.417 e. The largest absolute Gasteiger partial charge is 0.417 e. The van der Waals surface area contributed by atoms with Gasteiger partial charge >= 0.3 is 6.18 Å². The minimum Gasteiger partial charge on any atom is -0.316 e. The number of pyridine rings is 1. The zero-order valence-electron chi connectivity index (χ0n) is 9.34.